The quantitative estimate of drug-likeness (QED) is 0.313. The first kappa shape index (κ1) is 24.6. The summed E-state index contributed by atoms with van der Waals surface area (Å²) in [6.45, 7) is 0.788. The first-order chi connectivity index (χ1) is 14.5. The van der Waals surface area contributed by atoms with Gasteiger partial charge in [-0.25, -0.2) is 0 Å². The number of hydrogen-bond donors (Lipinski definition) is 1. The number of phenolic OH excluding ortho intramolecular Hbond substituents is 1. The molecule has 0 amide bonds. The Hall–Kier alpha value is -4.45. The number of nitroso groups, excluding NO2 is 1. The predicted molar refractivity (Wildman–Crippen MR) is 104 cm³/mol. The van der Waals surface area contributed by atoms with E-state index in [1.807, 2.05) is 0 Å². The van der Waals surface area contributed by atoms with Crippen LogP contribution in [0.4, 0.5) is 20.2 Å². The van der Waals surface area contributed by atoms with Crippen LogP contribution in [0, 0.1) is 37.7 Å². The number of nitrogens with zero attached hydrogens (tertiary/aromatic N) is 5. The highest BCUT2D eigenvalue weighted by Crippen LogP contribution is 2.29. The van der Waals surface area contributed by atoms with Crippen molar-refractivity contribution in [1.29, 1.82) is 10.5 Å². The van der Waals surface area contributed by atoms with Crippen LogP contribution in [-0.2, 0) is 6.54 Å². The largest absolute Gasteiger partial charge is 0.502 e. The van der Waals surface area contributed by atoms with Gasteiger partial charge in [0.2, 0.25) is 5.71 Å². The SMILES string of the molecule is CC(F)(F)Oc1ccc(CN=C(C#N)C#N)cc1.C[N+](=O)c1cc([N+](=O)[O-])ccc1O. The van der Waals surface area contributed by atoms with Crippen LogP contribution in [0.1, 0.15) is 12.5 Å². The molecule has 2 aromatic rings. The molecule has 2 rings (SSSR count). The van der Waals surface area contributed by atoms with E-state index in [0.717, 1.165) is 25.2 Å². The molecule has 160 valence electrons. The third-order valence-electron chi connectivity index (χ3n) is 3.36. The fourth-order valence-corrected chi connectivity index (χ4v) is 2.01. The highest BCUT2D eigenvalue weighted by atomic mass is 19.3. The molecule has 0 aliphatic rings. The monoisotopic (exact) mass is 432 g/mol. The van der Waals surface area contributed by atoms with E-state index in [1.54, 1.807) is 12.1 Å². The molecule has 0 fully saturated rings. The molecule has 0 spiro atoms. The lowest BCUT2D eigenvalue weighted by Gasteiger charge is -2.12. The molecule has 0 aliphatic heterocycles. The summed E-state index contributed by atoms with van der Waals surface area (Å²) in [5.74, 6) is -0.237. The van der Waals surface area contributed by atoms with Gasteiger partial charge < -0.3 is 9.84 Å². The number of non-ortho nitro benzene ring substituents is 1. The van der Waals surface area contributed by atoms with E-state index in [1.165, 1.54) is 24.3 Å². The van der Waals surface area contributed by atoms with Crippen molar-refractivity contribution in [2.24, 2.45) is 4.99 Å². The third-order valence-corrected chi connectivity index (χ3v) is 3.36. The maximum atomic E-state index is 12.5. The van der Waals surface area contributed by atoms with Gasteiger partial charge in [-0.2, -0.15) is 19.3 Å². The summed E-state index contributed by atoms with van der Waals surface area (Å²) in [5, 5.41) is 36.4. The Morgan fingerprint density at radius 3 is 2.23 bits per heavy atom. The molecule has 2 aromatic carbocycles. The number of alkyl halides is 2. The summed E-state index contributed by atoms with van der Waals surface area (Å²) in [6.07, 6.45) is -3.23. The zero-order chi connectivity index (χ0) is 23.6. The van der Waals surface area contributed by atoms with Gasteiger partial charge in [0.1, 0.15) is 17.9 Å². The molecule has 10 nitrogen and oxygen atoms in total. The van der Waals surface area contributed by atoms with E-state index in [-0.39, 0.29) is 35.1 Å². The maximum Gasteiger partial charge on any atom is 0.394 e. The number of ether oxygens (including phenoxy) is 1. The number of nitriles is 2. The van der Waals surface area contributed by atoms with Gasteiger partial charge in [0, 0.05) is 22.7 Å². The summed E-state index contributed by atoms with van der Waals surface area (Å²) in [7, 11) is 1.15. The van der Waals surface area contributed by atoms with Crippen molar-refractivity contribution >= 4 is 17.1 Å². The maximum absolute atomic E-state index is 12.5. The molecule has 0 heterocycles. The second-order valence-electron chi connectivity index (χ2n) is 5.87. The van der Waals surface area contributed by atoms with Crippen LogP contribution in [-0.4, -0.2) is 33.7 Å². The summed E-state index contributed by atoms with van der Waals surface area (Å²) >= 11 is 0. The molecule has 12 heteroatoms. The van der Waals surface area contributed by atoms with Crippen LogP contribution in [0.3, 0.4) is 0 Å². The Morgan fingerprint density at radius 2 is 1.77 bits per heavy atom. The highest BCUT2D eigenvalue weighted by molar-refractivity contribution is 6.10. The molecule has 0 aliphatic carbocycles. The van der Waals surface area contributed by atoms with E-state index < -0.39 is 11.0 Å². The number of benzene rings is 2. The van der Waals surface area contributed by atoms with E-state index in [0.29, 0.717) is 17.2 Å². The Labute approximate surface area is 175 Å². The smallest absolute Gasteiger partial charge is 0.394 e. The summed E-state index contributed by atoms with van der Waals surface area (Å²) in [4.78, 5) is 24.2. The van der Waals surface area contributed by atoms with Gasteiger partial charge in [-0.05, 0) is 23.8 Å². The average Bonchev–Trinajstić information content (AvgIpc) is 2.69. The predicted octanol–water partition coefficient (Wildman–Crippen LogP) is 4.01. The van der Waals surface area contributed by atoms with Gasteiger partial charge in [-0.3, -0.25) is 15.1 Å². The Balaban J connectivity index is 0.000000327. The second-order valence-corrected chi connectivity index (χ2v) is 5.87. The van der Waals surface area contributed by atoms with Crippen LogP contribution in [0.2, 0.25) is 0 Å². The van der Waals surface area contributed by atoms with Crippen molar-refractivity contribution in [2.45, 2.75) is 19.6 Å². The lowest BCUT2D eigenvalue weighted by Crippen LogP contribution is -2.18. The molecule has 0 radical (unpaired) electrons. The van der Waals surface area contributed by atoms with Crippen LogP contribution >= 0.6 is 0 Å². The third kappa shape index (κ3) is 8.62. The highest BCUT2D eigenvalue weighted by Gasteiger charge is 2.22. The number of nitro groups is 1. The fraction of sp³-hybridized carbons (Fsp3) is 0.211. The first-order valence-corrected chi connectivity index (χ1v) is 8.35. The van der Waals surface area contributed by atoms with Gasteiger partial charge in [0.15, 0.2) is 12.8 Å². The van der Waals surface area contributed by atoms with E-state index in [2.05, 4.69) is 9.73 Å². The number of nitro benzene ring substituents is 1. The molecular formula is C19H16F2N5O5+. The van der Waals surface area contributed by atoms with E-state index in [9.17, 15) is 23.8 Å². The zero-order valence-corrected chi connectivity index (χ0v) is 16.3. The first-order valence-electron chi connectivity index (χ1n) is 8.35. The molecule has 0 atom stereocenters. The second kappa shape index (κ2) is 10.9. The molecule has 0 unspecified atom stereocenters. The van der Waals surface area contributed by atoms with Crippen molar-refractivity contribution in [2.75, 3.05) is 7.05 Å². The number of rotatable bonds is 6. The van der Waals surface area contributed by atoms with Crippen LogP contribution in [0.15, 0.2) is 47.5 Å². The minimum Gasteiger partial charge on any atom is -0.502 e. The fourth-order valence-electron chi connectivity index (χ4n) is 2.01. The Kier molecular flexibility index (Phi) is 8.66. The summed E-state index contributed by atoms with van der Waals surface area (Å²) in [5.41, 5.74) is 0.116. The molecular weight excluding hydrogens is 416 g/mol. The molecule has 31 heavy (non-hydrogen) atoms. The average molecular weight is 432 g/mol. The molecule has 0 bridgehead atoms. The number of aliphatic imine (C=N–C) groups is 1. The summed E-state index contributed by atoms with van der Waals surface area (Å²) < 4.78 is 29.8. The number of halogens is 2. The zero-order valence-electron chi connectivity index (χ0n) is 16.3. The molecule has 0 aromatic heterocycles. The number of hydrogen-bond acceptors (Lipinski definition) is 8. The van der Waals surface area contributed by atoms with Gasteiger partial charge in [-0.1, -0.05) is 12.1 Å². The minimum atomic E-state index is -3.23. The van der Waals surface area contributed by atoms with E-state index in [4.69, 9.17) is 15.6 Å². The van der Waals surface area contributed by atoms with Crippen molar-refractivity contribution in [1.82, 2.24) is 0 Å². The number of phenols is 1. The summed E-state index contributed by atoms with van der Waals surface area (Å²) in [6, 6.07) is 12.3. The van der Waals surface area contributed by atoms with Crippen LogP contribution in [0.25, 0.3) is 0 Å². The normalized spacial score (nSPS) is 9.87. The van der Waals surface area contributed by atoms with E-state index >= 15 is 0 Å². The van der Waals surface area contributed by atoms with Crippen molar-refractivity contribution < 1.29 is 28.3 Å². The van der Waals surface area contributed by atoms with Gasteiger partial charge in [0.25, 0.3) is 5.69 Å². The van der Waals surface area contributed by atoms with Gasteiger partial charge >= 0.3 is 11.8 Å². The number of aromatic hydroxyl groups is 1. The Bertz CT molecular complexity index is 1050. The standard InChI is InChI=1S/C12H9F2N3O.C7H6N2O4/c1-12(13,14)18-11-4-2-9(3-5-11)8-17-10(6-15)7-16;1-8(11)6-4-5(9(12)13)2-3-7(6)10/h2-5H,8H2,1H3;2-4H,1H3/p+1. The van der Waals surface area contributed by atoms with Crippen molar-refractivity contribution in [3.8, 4) is 23.6 Å². The lowest BCUT2D eigenvalue weighted by atomic mass is 10.2. The van der Waals surface area contributed by atoms with Crippen LogP contribution < -0.4 is 4.74 Å². The molecule has 0 saturated carbocycles. The van der Waals surface area contributed by atoms with Crippen LogP contribution in [0.5, 0.6) is 11.5 Å². The molecule has 0 saturated heterocycles. The van der Waals surface area contributed by atoms with Crippen molar-refractivity contribution in [3.63, 3.8) is 0 Å². The van der Waals surface area contributed by atoms with Gasteiger partial charge in [0.05, 0.1) is 17.5 Å². The van der Waals surface area contributed by atoms with Gasteiger partial charge in [-0.15, -0.1) is 0 Å². The lowest BCUT2D eigenvalue weighted by molar-refractivity contribution is -0.430. The minimum absolute atomic E-state index is 0.0380. The topological polar surface area (TPSA) is 153 Å². The van der Waals surface area contributed by atoms with Crippen molar-refractivity contribution in [3.05, 3.63) is 63.0 Å². The Morgan fingerprint density at radius 1 is 1.19 bits per heavy atom. The molecule has 1 N–H and O–H groups in total.